The maximum Gasteiger partial charge on any atom is 0.338 e. The van der Waals surface area contributed by atoms with Gasteiger partial charge in [-0.2, -0.15) is 0 Å². The zero-order valence-corrected chi connectivity index (χ0v) is 18.7. The number of carbonyl (C=O) groups excluding carboxylic acids is 2. The third-order valence-electron chi connectivity index (χ3n) is 5.58. The van der Waals surface area contributed by atoms with E-state index in [9.17, 15) is 9.59 Å². The van der Waals surface area contributed by atoms with Crippen molar-refractivity contribution < 1.29 is 23.8 Å². The minimum atomic E-state index is -0.655. The van der Waals surface area contributed by atoms with E-state index in [0.717, 1.165) is 32.6 Å². The largest absolute Gasteiger partial charge is 0.493 e. The maximum absolute atomic E-state index is 13.0. The molecule has 0 bridgehead atoms. The zero-order chi connectivity index (χ0) is 22.4. The maximum atomic E-state index is 13.0. The van der Waals surface area contributed by atoms with Crippen LogP contribution in [0, 0.1) is 0 Å². The number of rotatable bonds is 7. The van der Waals surface area contributed by atoms with E-state index in [1.165, 1.54) is 0 Å². The Balaban J connectivity index is 1.99. The van der Waals surface area contributed by atoms with Crippen molar-refractivity contribution in [1.82, 2.24) is 20.4 Å². The number of methoxy groups -OCH3 is 2. The van der Waals surface area contributed by atoms with E-state index in [1.54, 1.807) is 33.3 Å². The van der Waals surface area contributed by atoms with Crippen molar-refractivity contribution >= 4 is 12.0 Å². The summed E-state index contributed by atoms with van der Waals surface area (Å²) in [6, 6.07) is 4.34. The molecule has 0 aromatic heterocycles. The van der Waals surface area contributed by atoms with Gasteiger partial charge in [0.05, 0.1) is 32.4 Å². The number of ether oxygens (including phenoxy) is 3. The fraction of sp³-hybridized carbons (Fsp3) is 0.545. The van der Waals surface area contributed by atoms with Crippen LogP contribution < -0.4 is 20.1 Å². The predicted molar refractivity (Wildman–Crippen MR) is 116 cm³/mol. The number of hydrogen-bond donors (Lipinski definition) is 2. The van der Waals surface area contributed by atoms with E-state index in [-0.39, 0.29) is 12.6 Å². The first-order chi connectivity index (χ1) is 15.0. The number of esters is 1. The van der Waals surface area contributed by atoms with Crippen LogP contribution in [0.15, 0.2) is 29.5 Å². The Bertz CT molecular complexity index is 841. The molecule has 31 heavy (non-hydrogen) atoms. The zero-order valence-electron chi connectivity index (χ0n) is 18.7. The number of urea groups is 1. The lowest BCUT2D eigenvalue weighted by Crippen LogP contribution is -2.48. The van der Waals surface area contributed by atoms with Gasteiger partial charge in [0.1, 0.15) is 0 Å². The Morgan fingerprint density at radius 3 is 2.61 bits per heavy atom. The van der Waals surface area contributed by atoms with Crippen LogP contribution in [0.4, 0.5) is 4.79 Å². The molecule has 9 nitrogen and oxygen atoms in total. The monoisotopic (exact) mass is 432 g/mol. The summed E-state index contributed by atoms with van der Waals surface area (Å²) in [6.07, 6.45) is 1.03. The van der Waals surface area contributed by atoms with E-state index in [2.05, 4.69) is 27.5 Å². The van der Waals surface area contributed by atoms with E-state index >= 15 is 0 Å². The number of likely N-dealkylation sites (N-methyl/N-ethyl adjacent to an activating group) is 1. The van der Waals surface area contributed by atoms with Gasteiger partial charge in [-0.15, -0.1) is 0 Å². The van der Waals surface area contributed by atoms with Gasteiger partial charge in [0, 0.05) is 25.3 Å². The highest BCUT2D eigenvalue weighted by Crippen LogP contribution is 2.34. The van der Waals surface area contributed by atoms with E-state index in [1.807, 2.05) is 6.07 Å². The molecule has 1 aromatic rings. The second kappa shape index (κ2) is 10.5. The number of nitrogens with zero attached hydrogens (tertiary/aromatic N) is 2. The third-order valence-corrected chi connectivity index (χ3v) is 5.58. The first kappa shape index (κ1) is 22.9. The van der Waals surface area contributed by atoms with Gasteiger partial charge in [0.15, 0.2) is 11.5 Å². The molecule has 170 valence electrons. The van der Waals surface area contributed by atoms with Gasteiger partial charge in [0.2, 0.25) is 0 Å². The Kier molecular flexibility index (Phi) is 7.75. The van der Waals surface area contributed by atoms with Crippen LogP contribution in [0.5, 0.6) is 11.5 Å². The average Bonchev–Trinajstić information content (AvgIpc) is 2.96. The Morgan fingerprint density at radius 1 is 1.13 bits per heavy atom. The number of carbonyl (C=O) groups is 2. The van der Waals surface area contributed by atoms with Crippen molar-refractivity contribution in [3.63, 3.8) is 0 Å². The molecule has 1 aromatic carbocycles. The fourth-order valence-electron chi connectivity index (χ4n) is 3.96. The lowest BCUT2D eigenvalue weighted by Gasteiger charge is -2.32. The number of amides is 2. The van der Waals surface area contributed by atoms with Gasteiger partial charge in [-0.25, -0.2) is 9.59 Å². The van der Waals surface area contributed by atoms with Crippen molar-refractivity contribution in [3.05, 3.63) is 35.0 Å². The van der Waals surface area contributed by atoms with Crippen LogP contribution in [0.3, 0.4) is 0 Å². The van der Waals surface area contributed by atoms with Crippen molar-refractivity contribution in [2.75, 3.05) is 60.6 Å². The van der Waals surface area contributed by atoms with Gasteiger partial charge in [-0.05, 0) is 51.2 Å². The SMILES string of the molecule is CCOC(=O)C1=C(CN2CCCN(C)CC2)NC(=O)N[C@@H]1c1ccc(OC)c(OC)c1. The molecular weight excluding hydrogens is 400 g/mol. The Labute approximate surface area is 183 Å². The number of nitrogens with one attached hydrogen (secondary N) is 2. The molecule has 0 saturated carbocycles. The fourth-order valence-corrected chi connectivity index (χ4v) is 3.96. The minimum Gasteiger partial charge on any atom is -0.493 e. The lowest BCUT2D eigenvalue weighted by molar-refractivity contribution is -0.139. The molecule has 2 N–H and O–H groups in total. The average molecular weight is 433 g/mol. The molecular formula is C22H32N4O5. The number of benzene rings is 1. The summed E-state index contributed by atoms with van der Waals surface area (Å²) in [4.78, 5) is 30.1. The van der Waals surface area contributed by atoms with Crippen LogP contribution in [-0.4, -0.2) is 82.4 Å². The summed E-state index contributed by atoms with van der Waals surface area (Å²) < 4.78 is 16.1. The second-order valence-corrected chi connectivity index (χ2v) is 7.69. The molecule has 2 aliphatic heterocycles. The predicted octanol–water partition coefficient (Wildman–Crippen LogP) is 1.51. The van der Waals surface area contributed by atoms with Crippen molar-refractivity contribution in [1.29, 1.82) is 0 Å². The Hall–Kier alpha value is -2.78. The molecule has 0 aliphatic carbocycles. The highest BCUT2D eigenvalue weighted by atomic mass is 16.5. The van der Waals surface area contributed by atoms with Crippen molar-refractivity contribution in [2.45, 2.75) is 19.4 Å². The molecule has 2 aliphatic rings. The summed E-state index contributed by atoms with van der Waals surface area (Å²) in [6.45, 7) is 6.21. The smallest absolute Gasteiger partial charge is 0.338 e. The summed E-state index contributed by atoms with van der Waals surface area (Å²) >= 11 is 0. The molecule has 2 amide bonds. The summed E-state index contributed by atoms with van der Waals surface area (Å²) in [7, 11) is 5.21. The molecule has 2 heterocycles. The van der Waals surface area contributed by atoms with Gasteiger partial charge >= 0.3 is 12.0 Å². The highest BCUT2D eigenvalue weighted by molar-refractivity contribution is 5.95. The lowest BCUT2D eigenvalue weighted by atomic mass is 9.94. The van der Waals surface area contributed by atoms with Gasteiger partial charge in [0.25, 0.3) is 0 Å². The summed E-state index contributed by atoms with van der Waals surface area (Å²) in [5, 5.41) is 5.72. The molecule has 3 rings (SSSR count). The third kappa shape index (κ3) is 5.48. The quantitative estimate of drug-likeness (QED) is 0.631. The van der Waals surface area contributed by atoms with Crippen LogP contribution in [0.25, 0.3) is 0 Å². The van der Waals surface area contributed by atoms with Crippen LogP contribution in [-0.2, 0) is 9.53 Å². The summed E-state index contributed by atoms with van der Waals surface area (Å²) in [5.41, 5.74) is 1.70. The normalized spacial score (nSPS) is 20.5. The molecule has 1 fully saturated rings. The molecule has 1 saturated heterocycles. The van der Waals surface area contributed by atoms with Crippen molar-refractivity contribution in [3.8, 4) is 11.5 Å². The standard InChI is InChI=1S/C22H32N4O5/c1-5-31-21(27)19-16(14-26-10-6-9-25(2)11-12-26)23-22(28)24-20(19)15-7-8-17(29-3)18(13-15)30-4/h7-8,13,20H,5-6,9-12,14H2,1-4H3,(H2,23,24,28)/t20-/m1/s1. The molecule has 0 spiro atoms. The van der Waals surface area contributed by atoms with Crippen LogP contribution in [0.1, 0.15) is 24.9 Å². The van der Waals surface area contributed by atoms with Crippen LogP contribution >= 0.6 is 0 Å². The molecule has 0 unspecified atom stereocenters. The van der Waals surface area contributed by atoms with Gasteiger partial charge in [-0.3, -0.25) is 4.90 Å². The second-order valence-electron chi connectivity index (χ2n) is 7.69. The Morgan fingerprint density at radius 2 is 1.90 bits per heavy atom. The molecule has 9 heteroatoms. The summed E-state index contributed by atoms with van der Waals surface area (Å²) in [5.74, 6) is 0.645. The van der Waals surface area contributed by atoms with Gasteiger partial charge < -0.3 is 29.7 Å². The number of hydrogen-bond acceptors (Lipinski definition) is 7. The van der Waals surface area contributed by atoms with E-state index < -0.39 is 12.0 Å². The highest BCUT2D eigenvalue weighted by Gasteiger charge is 2.35. The van der Waals surface area contributed by atoms with Crippen LogP contribution in [0.2, 0.25) is 0 Å². The molecule has 0 radical (unpaired) electrons. The van der Waals surface area contributed by atoms with Gasteiger partial charge in [-0.1, -0.05) is 6.07 Å². The van der Waals surface area contributed by atoms with E-state index in [4.69, 9.17) is 14.2 Å². The topological polar surface area (TPSA) is 92.4 Å². The first-order valence-corrected chi connectivity index (χ1v) is 10.6. The van der Waals surface area contributed by atoms with Crippen molar-refractivity contribution in [2.24, 2.45) is 0 Å². The first-order valence-electron chi connectivity index (χ1n) is 10.6. The minimum absolute atomic E-state index is 0.247. The van der Waals surface area contributed by atoms with E-state index in [0.29, 0.717) is 34.9 Å². The molecule has 1 atom stereocenters.